The highest BCUT2D eigenvalue weighted by Gasteiger charge is 2.22. The van der Waals surface area contributed by atoms with E-state index in [1.165, 1.54) is 12.1 Å². The van der Waals surface area contributed by atoms with Gasteiger partial charge in [0.2, 0.25) is 0 Å². The molecule has 1 saturated carbocycles. The second-order valence-electron chi connectivity index (χ2n) is 4.98. The van der Waals surface area contributed by atoms with Crippen LogP contribution in [0.1, 0.15) is 31.2 Å². The van der Waals surface area contributed by atoms with Crippen molar-refractivity contribution in [2.75, 3.05) is 6.54 Å². The van der Waals surface area contributed by atoms with Crippen LogP contribution in [0, 0.1) is 17.6 Å². The molecule has 1 aliphatic carbocycles. The topological polar surface area (TPSA) is 32.3 Å². The lowest BCUT2D eigenvalue weighted by Crippen LogP contribution is -2.33. The summed E-state index contributed by atoms with van der Waals surface area (Å²) >= 11 is 0. The molecule has 0 amide bonds. The Balaban J connectivity index is 1.81. The van der Waals surface area contributed by atoms with Crippen LogP contribution in [-0.2, 0) is 6.54 Å². The number of hydrogen-bond acceptors (Lipinski definition) is 2. The van der Waals surface area contributed by atoms with Gasteiger partial charge in [0.05, 0.1) is 6.10 Å². The standard InChI is InChI=1S/C14H19F2NO/c15-12-6-5-10(13(16)7-12)8-17-9-11-3-1-2-4-14(11)18/h5-7,11,14,17-18H,1-4,8-9H2. The highest BCUT2D eigenvalue weighted by molar-refractivity contribution is 5.18. The maximum absolute atomic E-state index is 13.4. The van der Waals surface area contributed by atoms with Gasteiger partial charge in [-0.3, -0.25) is 0 Å². The fourth-order valence-electron chi connectivity index (χ4n) is 2.48. The molecular weight excluding hydrogens is 236 g/mol. The molecule has 2 rings (SSSR count). The van der Waals surface area contributed by atoms with E-state index < -0.39 is 11.6 Å². The normalized spacial score (nSPS) is 24.2. The van der Waals surface area contributed by atoms with E-state index in [2.05, 4.69) is 5.32 Å². The molecule has 4 heteroatoms. The van der Waals surface area contributed by atoms with Crippen LogP contribution in [-0.4, -0.2) is 17.8 Å². The van der Waals surface area contributed by atoms with Gasteiger partial charge in [-0.15, -0.1) is 0 Å². The van der Waals surface area contributed by atoms with Crippen molar-refractivity contribution in [1.29, 1.82) is 0 Å². The molecule has 0 bridgehead atoms. The van der Waals surface area contributed by atoms with E-state index in [1.807, 2.05) is 0 Å². The molecule has 0 spiro atoms. The molecule has 100 valence electrons. The van der Waals surface area contributed by atoms with Gasteiger partial charge < -0.3 is 10.4 Å². The maximum Gasteiger partial charge on any atom is 0.130 e. The molecule has 1 aromatic carbocycles. The summed E-state index contributed by atoms with van der Waals surface area (Å²) in [6.45, 7) is 1.05. The van der Waals surface area contributed by atoms with Gasteiger partial charge in [-0.25, -0.2) is 8.78 Å². The molecule has 1 aromatic rings. The van der Waals surface area contributed by atoms with Gasteiger partial charge in [0.25, 0.3) is 0 Å². The van der Waals surface area contributed by atoms with Crippen molar-refractivity contribution >= 4 is 0 Å². The lowest BCUT2D eigenvalue weighted by Gasteiger charge is -2.27. The number of aliphatic hydroxyl groups is 1. The first-order valence-electron chi connectivity index (χ1n) is 6.49. The van der Waals surface area contributed by atoms with Crippen molar-refractivity contribution in [2.24, 2.45) is 5.92 Å². The largest absolute Gasteiger partial charge is 0.393 e. The molecule has 0 saturated heterocycles. The van der Waals surface area contributed by atoms with E-state index >= 15 is 0 Å². The zero-order chi connectivity index (χ0) is 13.0. The molecule has 2 N–H and O–H groups in total. The predicted octanol–water partition coefficient (Wildman–Crippen LogP) is 2.61. The van der Waals surface area contributed by atoms with Crippen LogP contribution in [0.2, 0.25) is 0 Å². The first-order valence-corrected chi connectivity index (χ1v) is 6.49. The molecule has 2 unspecified atom stereocenters. The van der Waals surface area contributed by atoms with Gasteiger partial charge in [-0.05, 0) is 24.8 Å². The van der Waals surface area contributed by atoms with Crippen molar-refractivity contribution in [3.05, 3.63) is 35.4 Å². The Bertz CT molecular complexity index is 397. The summed E-state index contributed by atoms with van der Waals surface area (Å²) in [5.74, 6) is -0.826. The summed E-state index contributed by atoms with van der Waals surface area (Å²) in [6.07, 6.45) is 3.86. The minimum absolute atomic E-state index is 0.246. The first-order chi connectivity index (χ1) is 8.66. The number of aliphatic hydroxyl groups excluding tert-OH is 1. The van der Waals surface area contributed by atoms with Crippen molar-refractivity contribution in [3.8, 4) is 0 Å². The average molecular weight is 255 g/mol. The summed E-state index contributed by atoms with van der Waals surface area (Å²) < 4.78 is 26.1. The molecule has 0 radical (unpaired) electrons. The number of halogens is 2. The van der Waals surface area contributed by atoms with Gasteiger partial charge in [-0.1, -0.05) is 18.9 Å². The maximum atomic E-state index is 13.4. The second-order valence-corrected chi connectivity index (χ2v) is 4.98. The van der Waals surface area contributed by atoms with Crippen LogP contribution < -0.4 is 5.32 Å². The van der Waals surface area contributed by atoms with E-state index in [-0.39, 0.29) is 12.0 Å². The van der Waals surface area contributed by atoms with Crippen molar-refractivity contribution in [1.82, 2.24) is 5.32 Å². The van der Waals surface area contributed by atoms with Gasteiger partial charge in [-0.2, -0.15) is 0 Å². The van der Waals surface area contributed by atoms with Gasteiger partial charge in [0.1, 0.15) is 11.6 Å². The summed E-state index contributed by atoms with van der Waals surface area (Å²) in [4.78, 5) is 0. The molecule has 18 heavy (non-hydrogen) atoms. The second kappa shape index (κ2) is 6.25. The van der Waals surface area contributed by atoms with Gasteiger partial charge in [0, 0.05) is 24.7 Å². The van der Waals surface area contributed by atoms with E-state index in [4.69, 9.17) is 0 Å². The molecule has 2 atom stereocenters. The molecule has 2 nitrogen and oxygen atoms in total. The van der Waals surface area contributed by atoms with Crippen LogP contribution in [0.15, 0.2) is 18.2 Å². The Morgan fingerprint density at radius 3 is 2.72 bits per heavy atom. The summed E-state index contributed by atoms with van der Waals surface area (Å²) in [5, 5.41) is 12.9. The third-order valence-electron chi connectivity index (χ3n) is 3.61. The molecular formula is C14H19F2NO. The van der Waals surface area contributed by atoms with E-state index in [9.17, 15) is 13.9 Å². The minimum Gasteiger partial charge on any atom is -0.393 e. The number of benzene rings is 1. The Labute approximate surface area is 106 Å². The average Bonchev–Trinajstić information content (AvgIpc) is 2.34. The number of nitrogens with one attached hydrogen (secondary N) is 1. The molecule has 1 fully saturated rings. The zero-order valence-electron chi connectivity index (χ0n) is 10.3. The fourth-order valence-corrected chi connectivity index (χ4v) is 2.48. The van der Waals surface area contributed by atoms with Crippen LogP contribution in [0.4, 0.5) is 8.78 Å². The summed E-state index contributed by atoms with van der Waals surface area (Å²) in [6, 6.07) is 3.61. The lowest BCUT2D eigenvalue weighted by molar-refractivity contribution is 0.0695. The highest BCUT2D eigenvalue weighted by atomic mass is 19.1. The predicted molar refractivity (Wildman–Crippen MR) is 66.0 cm³/mol. The quantitative estimate of drug-likeness (QED) is 0.866. The summed E-state index contributed by atoms with van der Waals surface area (Å²) in [5.41, 5.74) is 0.460. The van der Waals surface area contributed by atoms with Gasteiger partial charge in [0.15, 0.2) is 0 Å². The molecule has 1 aliphatic rings. The van der Waals surface area contributed by atoms with E-state index in [0.29, 0.717) is 18.7 Å². The van der Waals surface area contributed by atoms with E-state index in [1.54, 1.807) is 0 Å². The Hall–Kier alpha value is -1.00. The Morgan fingerprint density at radius 1 is 1.22 bits per heavy atom. The highest BCUT2D eigenvalue weighted by Crippen LogP contribution is 2.23. The smallest absolute Gasteiger partial charge is 0.130 e. The van der Waals surface area contributed by atoms with Crippen molar-refractivity contribution in [2.45, 2.75) is 38.3 Å². The van der Waals surface area contributed by atoms with E-state index in [0.717, 1.165) is 31.7 Å². The number of hydrogen-bond donors (Lipinski definition) is 2. The van der Waals surface area contributed by atoms with Crippen LogP contribution >= 0.6 is 0 Å². The van der Waals surface area contributed by atoms with Crippen LogP contribution in [0.5, 0.6) is 0 Å². The zero-order valence-corrected chi connectivity index (χ0v) is 10.3. The lowest BCUT2D eigenvalue weighted by atomic mass is 9.86. The third-order valence-corrected chi connectivity index (χ3v) is 3.61. The van der Waals surface area contributed by atoms with Crippen molar-refractivity contribution < 1.29 is 13.9 Å². The number of rotatable bonds is 4. The van der Waals surface area contributed by atoms with Crippen molar-refractivity contribution in [3.63, 3.8) is 0 Å². The monoisotopic (exact) mass is 255 g/mol. The third kappa shape index (κ3) is 3.50. The summed E-state index contributed by atoms with van der Waals surface area (Å²) in [7, 11) is 0. The first kappa shape index (κ1) is 13.4. The van der Waals surface area contributed by atoms with Gasteiger partial charge >= 0.3 is 0 Å². The molecule has 0 aromatic heterocycles. The molecule has 0 heterocycles. The fraction of sp³-hybridized carbons (Fsp3) is 0.571. The SMILES string of the molecule is OC1CCCCC1CNCc1ccc(F)cc1F. The van der Waals surface area contributed by atoms with Crippen LogP contribution in [0.3, 0.4) is 0 Å². The minimum atomic E-state index is -0.557. The Kier molecular flexibility index (Phi) is 4.66. The molecule has 0 aliphatic heterocycles. The Morgan fingerprint density at radius 2 is 2.00 bits per heavy atom. The van der Waals surface area contributed by atoms with Crippen LogP contribution in [0.25, 0.3) is 0 Å².